The van der Waals surface area contributed by atoms with Crippen molar-refractivity contribution in [2.45, 2.75) is 37.9 Å². The summed E-state index contributed by atoms with van der Waals surface area (Å²) in [7, 11) is 4.58. The number of likely N-dealkylation sites (N-methyl/N-ethyl adjacent to an activating group) is 2. The summed E-state index contributed by atoms with van der Waals surface area (Å²) in [5, 5.41) is 30.9. The summed E-state index contributed by atoms with van der Waals surface area (Å²) < 4.78 is 7.93. The number of hydrogen-bond acceptors (Lipinski definition) is 12. The number of esters is 1. The highest BCUT2D eigenvalue weighted by Gasteiger charge is 2.43. The van der Waals surface area contributed by atoms with Gasteiger partial charge in [-0.05, 0) is 85.6 Å². The minimum atomic E-state index is -1.67. The minimum absolute atomic E-state index is 0. The van der Waals surface area contributed by atoms with Crippen LogP contribution in [0.1, 0.15) is 56.1 Å². The van der Waals surface area contributed by atoms with E-state index in [4.69, 9.17) is 10.5 Å². The largest absolute Gasteiger partial charge is 0.464 e. The zero-order valence-corrected chi connectivity index (χ0v) is 33.6. The lowest BCUT2D eigenvalue weighted by molar-refractivity contribution is -0.138. The van der Waals surface area contributed by atoms with E-state index in [1.54, 1.807) is 67.6 Å². The maximum absolute atomic E-state index is 12.2. The number of primary amides is 1. The summed E-state index contributed by atoms with van der Waals surface area (Å²) in [6.07, 6.45) is 3.77. The molecule has 2 saturated heterocycles. The average molecular weight is 811 g/mol. The third-order valence-corrected chi connectivity index (χ3v) is 9.96. The number of benzene rings is 2. The van der Waals surface area contributed by atoms with Gasteiger partial charge in [-0.1, -0.05) is 23.7 Å². The van der Waals surface area contributed by atoms with E-state index in [1.807, 2.05) is 38.1 Å². The average Bonchev–Trinajstić information content (AvgIpc) is 3.95. The summed E-state index contributed by atoms with van der Waals surface area (Å²) in [5.41, 5.74) is 7.75. The minimum Gasteiger partial charge on any atom is -0.464 e. The standard InChI is InChI=1S/C22H20N4O4.C21H19N5O3.H3N/c1-14-11-15(6-7-22(29)8-10-25(2)21(22)28)13-16(12-14)26-19-17(5-4-9-23-19)18(24-26)20(27)30-3;1-13-10-14(5-6-21(29)7-9-25(2)20(21)28)12-15(11-13)26-19-16(4-3-8-23-19)17(24-26)18(22)27;/h4-5,9,11-13,29H,8,10H2,1-3H3;3-4,8,10-12,29H,7,9H2,1-2H3,(H2,22,27);1H3/t22-;21-;/m00./s1. The number of rotatable bonds is 4. The van der Waals surface area contributed by atoms with Crippen LogP contribution in [0.2, 0.25) is 0 Å². The van der Waals surface area contributed by atoms with E-state index >= 15 is 0 Å². The number of carbonyl (C=O) groups is 4. The van der Waals surface area contributed by atoms with Gasteiger partial charge in [0.15, 0.2) is 22.7 Å². The molecule has 2 aromatic carbocycles. The Morgan fingerprint density at radius 2 is 1.17 bits per heavy atom. The van der Waals surface area contributed by atoms with Gasteiger partial charge in [-0.15, -0.1) is 0 Å². The molecule has 2 aliphatic heterocycles. The van der Waals surface area contributed by atoms with Gasteiger partial charge in [0.1, 0.15) is 0 Å². The van der Waals surface area contributed by atoms with E-state index in [0.29, 0.717) is 57.7 Å². The SMILES string of the molecule is COC(=O)c1nn(-c2cc(C)cc(C#C[C@]3(O)CCN(C)C3=O)c2)c2ncccc12.Cc1cc(C#C[C@]2(O)CCN(C)C2=O)cc(-n2nc(C(N)=O)c3cccnc32)c1.N. The number of nitrogens with zero attached hydrogens (tertiary/aromatic N) is 8. The third-order valence-electron chi connectivity index (χ3n) is 9.96. The molecule has 0 aliphatic carbocycles. The predicted octanol–water partition coefficient (Wildman–Crippen LogP) is 2.39. The smallest absolute Gasteiger partial charge is 0.359 e. The van der Waals surface area contributed by atoms with E-state index in [9.17, 15) is 29.4 Å². The van der Waals surface area contributed by atoms with E-state index < -0.39 is 34.9 Å². The van der Waals surface area contributed by atoms with Gasteiger partial charge in [0.05, 0.1) is 29.3 Å². The fourth-order valence-corrected chi connectivity index (χ4v) is 6.90. The molecule has 0 spiro atoms. The number of amides is 3. The van der Waals surface area contributed by atoms with Crippen LogP contribution < -0.4 is 11.9 Å². The number of hydrogen-bond donors (Lipinski definition) is 4. The topological polar surface area (TPSA) is 247 Å². The number of carbonyl (C=O) groups excluding carboxylic acids is 4. The highest BCUT2D eigenvalue weighted by Crippen LogP contribution is 2.26. The van der Waals surface area contributed by atoms with Crippen molar-refractivity contribution in [1.29, 1.82) is 0 Å². The summed E-state index contributed by atoms with van der Waals surface area (Å²) in [6.45, 7) is 4.72. The fraction of sp³-hybridized carbons (Fsp3) is 0.256. The molecule has 60 heavy (non-hydrogen) atoms. The first kappa shape index (κ1) is 42.2. The number of likely N-dealkylation sites (tertiary alicyclic amines) is 2. The van der Waals surface area contributed by atoms with Crippen LogP contribution in [0.4, 0.5) is 0 Å². The monoisotopic (exact) mass is 810 g/mol. The molecule has 2 fully saturated rings. The molecule has 2 atom stereocenters. The maximum Gasteiger partial charge on any atom is 0.359 e. The van der Waals surface area contributed by atoms with Crippen LogP contribution in [-0.2, 0) is 14.3 Å². The molecule has 4 aromatic heterocycles. The van der Waals surface area contributed by atoms with Gasteiger partial charge in [-0.3, -0.25) is 14.4 Å². The van der Waals surface area contributed by atoms with Gasteiger partial charge < -0.3 is 36.6 Å². The van der Waals surface area contributed by atoms with Crippen molar-refractivity contribution in [1.82, 2.24) is 45.5 Å². The Hall–Kier alpha value is -7.44. The second kappa shape index (κ2) is 16.4. The Morgan fingerprint density at radius 3 is 1.57 bits per heavy atom. The Bertz CT molecular complexity index is 2840. The molecular weight excluding hydrogens is 769 g/mol. The number of ether oxygens (including phenoxy) is 1. The molecule has 3 amide bonds. The van der Waals surface area contributed by atoms with Crippen molar-refractivity contribution in [3.8, 4) is 35.1 Å². The molecular formula is C43H42N10O7. The molecule has 2 aliphatic rings. The second-order valence-electron chi connectivity index (χ2n) is 14.4. The van der Waals surface area contributed by atoms with Gasteiger partial charge in [0.2, 0.25) is 11.2 Å². The molecule has 306 valence electrons. The quantitative estimate of drug-likeness (QED) is 0.148. The lowest BCUT2D eigenvalue weighted by atomic mass is 10.0. The Kier molecular flexibility index (Phi) is 11.6. The summed E-state index contributed by atoms with van der Waals surface area (Å²) in [6, 6.07) is 17.9. The van der Waals surface area contributed by atoms with Crippen LogP contribution in [0, 0.1) is 37.5 Å². The van der Waals surface area contributed by atoms with Crippen LogP contribution >= 0.6 is 0 Å². The Labute approximate surface area is 344 Å². The van der Waals surface area contributed by atoms with Crippen LogP contribution in [-0.4, -0.2) is 119 Å². The highest BCUT2D eigenvalue weighted by atomic mass is 16.5. The fourth-order valence-electron chi connectivity index (χ4n) is 6.90. The second-order valence-corrected chi connectivity index (χ2v) is 14.4. The zero-order chi connectivity index (χ0) is 42.2. The van der Waals surface area contributed by atoms with Gasteiger partial charge in [0, 0.05) is 63.5 Å². The van der Waals surface area contributed by atoms with E-state index in [0.717, 1.165) is 11.1 Å². The Morgan fingerprint density at radius 1 is 0.733 bits per heavy atom. The number of nitrogens with two attached hydrogens (primary N) is 1. The van der Waals surface area contributed by atoms with Crippen LogP contribution in [0.3, 0.4) is 0 Å². The third kappa shape index (κ3) is 8.00. The van der Waals surface area contributed by atoms with Crippen molar-refractivity contribution in [2.24, 2.45) is 5.73 Å². The van der Waals surface area contributed by atoms with Crippen molar-refractivity contribution in [3.63, 3.8) is 0 Å². The molecule has 0 bridgehead atoms. The first-order valence-electron chi connectivity index (χ1n) is 18.4. The Balaban J connectivity index is 0.000000198. The van der Waals surface area contributed by atoms with Crippen molar-refractivity contribution in [2.75, 3.05) is 34.3 Å². The van der Waals surface area contributed by atoms with Crippen LogP contribution in [0.15, 0.2) is 73.1 Å². The molecule has 0 saturated carbocycles. The number of aliphatic hydroxyl groups is 2. The van der Waals surface area contributed by atoms with Crippen LogP contribution in [0.25, 0.3) is 33.4 Å². The summed E-state index contributed by atoms with van der Waals surface area (Å²) in [4.78, 5) is 59.8. The van der Waals surface area contributed by atoms with Crippen molar-refractivity contribution in [3.05, 3.63) is 107 Å². The molecule has 8 rings (SSSR count). The highest BCUT2D eigenvalue weighted by molar-refractivity contribution is 6.03. The normalized spacial score (nSPS) is 18.2. The molecule has 7 N–H and O–H groups in total. The number of aryl methyl sites for hydroxylation is 2. The zero-order valence-electron chi connectivity index (χ0n) is 33.6. The molecule has 17 nitrogen and oxygen atoms in total. The number of methoxy groups -OCH3 is 1. The molecule has 6 aromatic rings. The number of pyridine rings is 2. The van der Waals surface area contributed by atoms with Crippen molar-refractivity contribution >= 4 is 45.8 Å². The molecule has 0 unspecified atom stereocenters. The number of fused-ring (bicyclic) bond motifs is 2. The molecule has 6 heterocycles. The van der Waals surface area contributed by atoms with Gasteiger partial charge >= 0.3 is 5.97 Å². The van der Waals surface area contributed by atoms with Gasteiger partial charge in [-0.25, -0.2) is 24.1 Å². The van der Waals surface area contributed by atoms with Gasteiger partial charge in [-0.2, -0.15) is 10.2 Å². The summed E-state index contributed by atoms with van der Waals surface area (Å²) in [5.74, 6) is 9.28. The van der Waals surface area contributed by atoms with E-state index in [1.165, 1.54) is 21.6 Å². The van der Waals surface area contributed by atoms with E-state index in [-0.39, 0.29) is 30.4 Å². The maximum atomic E-state index is 12.2. The summed E-state index contributed by atoms with van der Waals surface area (Å²) >= 11 is 0. The molecule has 0 radical (unpaired) electrons. The lowest BCUT2D eigenvalue weighted by Gasteiger charge is -2.13. The lowest BCUT2D eigenvalue weighted by Crippen LogP contribution is -2.37. The number of aromatic nitrogens is 6. The van der Waals surface area contributed by atoms with Gasteiger partial charge in [0.25, 0.3) is 17.7 Å². The molecule has 17 heteroatoms. The predicted molar refractivity (Wildman–Crippen MR) is 220 cm³/mol. The van der Waals surface area contributed by atoms with Crippen molar-refractivity contribution < 1.29 is 34.1 Å². The van der Waals surface area contributed by atoms with Crippen LogP contribution in [0.5, 0.6) is 0 Å². The first-order valence-corrected chi connectivity index (χ1v) is 18.4. The van der Waals surface area contributed by atoms with E-state index in [2.05, 4.69) is 43.8 Å². The first-order chi connectivity index (χ1) is 28.1.